The molecule has 2 heterocycles. The highest BCUT2D eigenvalue weighted by Crippen LogP contribution is 2.24. The molecule has 1 amide bonds. The van der Waals surface area contributed by atoms with Gasteiger partial charge in [-0.15, -0.1) is 0 Å². The van der Waals surface area contributed by atoms with Crippen molar-refractivity contribution in [1.82, 2.24) is 14.7 Å². The van der Waals surface area contributed by atoms with Crippen LogP contribution in [0, 0.1) is 11.8 Å². The van der Waals surface area contributed by atoms with Crippen molar-refractivity contribution < 1.29 is 4.79 Å². The van der Waals surface area contributed by atoms with Crippen molar-refractivity contribution in [2.75, 3.05) is 52.4 Å². The molecule has 2 saturated heterocycles. The van der Waals surface area contributed by atoms with E-state index >= 15 is 0 Å². The smallest absolute Gasteiger partial charge is 0.236 e. The van der Waals surface area contributed by atoms with Crippen LogP contribution in [0.4, 0.5) is 0 Å². The van der Waals surface area contributed by atoms with Crippen LogP contribution >= 0.6 is 0 Å². The van der Waals surface area contributed by atoms with Crippen LogP contribution < -0.4 is 0 Å². The first-order valence-corrected chi connectivity index (χ1v) is 9.32. The summed E-state index contributed by atoms with van der Waals surface area (Å²) in [4.78, 5) is 19.2. The lowest BCUT2D eigenvalue weighted by Crippen LogP contribution is -2.51. The average molecular weight is 312 g/mol. The van der Waals surface area contributed by atoms with E-state index < -0.39 is 0 Å². The summed E-state index contributed by atoms with van der Waals surface area (Å²) in [6, 6.07) is 0. The molecule has 0 aliphatic carbocycles. The monoisotopic (exact) mass is 311 g/mol. The van der Waals surface area contributed by atoms with Gasteiger partial charge in [0.25, 0.3) is 0 Å². The predicted molar refractivity (Wildman–Crippen MR) is 94.0 cm³/mol. The van der Waals surface area contributed by atoms with Crippen molar-refractivity contribution in [2.24, 2.45) is 11.8 Å². The largest absolute Gasteiger partial charge is 0.342 e. The number of hydrogen-bond acceptors (Lipinski definition) is 3. The van der Waals surface area contributed by atoms with E-state index in [1.165, 1.54) is 12.8 Å². The minimum atomic E-state index is 0.345. The van der Waals surface area contributed by atoms with E-state index in [4.69, 9.17) is 0 Å². The molecule has 0 unspecified atom stereocenters. The minimum Gasteiger partial charge on any atom is -0.342 e. The normalized spacial score (nSPS) is 21.6. The van der Waals surface area contributed by atoms with E-state index in [1.807, 2.05) is 13.8 Å². The van der Waals surface area contributed by atoms with Crippen molar-refractivity contribution in [3.63, 3.8) is 0 Å². The van der Waals surface area contributed by atoms with Gasteiger partial charge in [0.05, 0.1) is 6.54 Å². The first-order chi connectivity index (χ1) is 10.6. The van der Waals surface area contributed by atoms with Crippen LogP contribution in [-0.4, -0.2) is 73.0 Å². The minimum absolute atomic E-state index is 0.345. The Hall–Kier alpha value is -0.610. The highest BCUT2D eigenvalue weighted by molar-refractivity contribution is 5.78. The van der Waals surface area contributed by atoms with E-state index in [2.05, 4.69) is 35.5 Å². The maximum absolute atomic E-state index is 12.4. The van der Waals surface area contributed by atoms with Crippen molar-refractivity contribution in [1.29, 1.82) is 0 Å². The molecule has 130 valence electrons. The molecule has 0 saturated carbocycles. The topological polar surface area (TPSA) is 26.8 Å². The van der Waals surface area contributed by atoms with Crippen LogP contribution in [0.5, 0.6) is 0 Å². The molecule has 0 aromatic rings. The van der Waals surface area contributed by atoms with Crippen molar-refractivity contribution in [2.45, 2.75) is 47.5 Å². The van der Waals surface area contributed by atoms with Crippen molar-refractivity contribution in [3.8, 4) is 0 Å². The Balaban J connectivity index is 0.00000116. The molecule has 2 aliphatic rings. The van der Waals surface area contributed by atoms with Crippen LogP contribution in [0.2, 0.25) is 0 Å². The van der Waals surface area contributed by atoms with Gasteiger partial charge in [0.2, 0.25) is 5.91 Å². The molecule has 0 bridgehead atoms. The zero-order valence-electron chi connectivity index (χ0n) is 15.5. The van der Waals surface area contributed by atoms with Crippen LogP contribution in [0.15, 0.2) is 0 Å². The summed E-state index contributed by atoms with van der Waals surface area (Å²) in [5.74, 6) is 1.92. The lowest BCUT2D eigenvalue weighted by atomic mass is 9.87. The molecule has 22 heavy (non-hydrogen) atoms. The predicted octanol–water partition coefficient (Wildman–Crippen LogP) is 2.54. The maximum Gasteiger partial charge on any atom is 0.236 e. The Kier molecular flexibility index (Phi) is 9.03. The fourth-order valence-electron chi connectivity index (χ4n) is 3.37. The van der Waals surface area contributed by atoms with Crippen molar-refractivity contribution in [3.05, 3.63) is 0 Å². The van der Waals surface area contributed by atoms with Gasteiger partial charge < -0.3 is 9.80 Å². The number of nitrogens with zero attached hydrogens (tertiary/aromatic N) is 3. The quantitative estimate of drug-likeness (QED) is 0.798. The fourth-order valence-corrected chi connectivity index (χ4v) is 3.37. The third kappa shape index (κ3) is 5.88. The Morgan fingerprint density at radius 2 is 1.45 bits per heavy atom. The standard InChI is InChI=1S/C16H31N3O.C2H6/c1-4-17-9-11-18(12-10-17)13-16(20)19-7-5-15(6-8-19)14(2)3;1-2/h14-15H,4-13H2,1-3H3;1-2H3. The highest BCUT2D eigenvalue weighted by atomic mass is 16.2. The number of carbonyl (C=O) groups excluding carboxylic acids is 1. The molecule has 0 radical (unpaired) electrons. The Morgan fingerprint density at radius 1 is 0.955 bits per heavy atom. The van der Waals surface area contributed by atoms with Gasteiger partial charge in [0.15, 0.2) is 0 Å². The third-order valence-electron chi connectivity index (χ3n) is 5.11. The summed E-state index contributed by atoms with van der Waals surface area (Å²) in [5.41, 5.74) is 0. The maximum atomic E-state index is 12.4. The van der Waals surface area contributed by atoms with E-state index in [0.29, 0.717) is 12.5 Å². The molecule has 4 heteroatoms. The van der Waals surface area contributed by atoms with Gasteiger partial charge in [-0.05, 0) is 31.2 Å². The second kappa shape index (κ2) is 10.2. The molecular formula is C18H37N3O. The fraction of sp³-hybridized carbons (Fsp3) is 0.944. The van der Waals surface area contributed by atoms with Crippen LogP contribution in [0.1, 0.15) is 47.5 Å². The number of likely N-dealkylation sites (tertiary alicyclic amines) is 1. The highest BCUT2D eigenvalue weighted by Gasteiger charge is 2.26. The van der Waals surface area contributed by atoms with Crippen LogP contribution in [-0.2, 0) is 4.79 Å². The van der Waals surface area contributed by atoms with Crippen LogP contribution in [0.3, 0.4) is 0 Å². The Bertz CT molecular complexity index is 303. The van der Waals surface area contributed by atoms with Gasteiger partial charge >= 0.3 is 0 Å². The second-order valence-corrected chi connectivity index (χ2v) is 6.67. The zero-order chi connectivity index (χ0) is 16.5. The van der Waals surface area contributed by atoms with E-state index in [-0.39, 0.29) is 0 Å². The van der Waals surface area contributed by atoms with Gasteiger partial charge in [-0.25, -0.2) is 0 Å². The van der Waals surface area contributed by atoms with Gasteiger partial charge in [-0.2, -0.15) is 0 Å². The average Bonchev–Trinajstić information content (AvgIpc) is 2.57. The molecule has 0 aromatic heterocycles. The SMILES string of the molecule is CC.CCN1CCN(CC(=O)N2CCC(C(C)C)CC2)CC1. The van der Waals surface area contributed by atoms with Gasteiger partial charge in [-0.1, -0.05) is 34.6 Å². The number of amides is 1. The lowest BCUT2D eigenvalue weighted by molar-refractivity contribution is -0.134. The molecule has 2 aliphatic heterocycles. The third-order valence-corrected chi connectivity index (χ3v) is 5.11. The summed E-state index contributed by atoms with van der Waals surface area (Å²) < 4.78 is 0. The number of piperazine rings is 1. The van der Waals surface area contributed by atoms with Crippen molar-refractivity contribution >= 4 is 5.91 Å². The van der Waals surface area contributed by atoms with Gasteiger partial charge in [0, 0.05) is 39.3 Å². The first-order valence-electron chi connectivity index (χ1n) is 9.32. The zero-order valence-corrected chi connectivity index (χ0v) is 15.5. The molecule has 0 N–H and O–H groups in total. The molecule has 4 nitrogen and oxygen atoms in total. The summed E-state index contributed by atoms with van der Waals surface area (Å²) in [6.45, 7) is 18.8. The summed E-state index contributed by atoms with van der Waals surface area (Å²) >= 11 is 0. The lowest BCUT2D eigenvalue weighted by Gasteiger charge is -2.37. The number of rotatable bonds is 4. The van der Waals surface area contributed by atoms with Gasteiger partial charge in [0.1, 0.15) is 0 Å². The Labute approximate surface area is 137 Å². The summed E-state index contributed by atoms with van der Waals surface area (Å²) in [5, 5.41) is 0. The molecular weight excluding hydrogens is 274 g/mol. The number of likely N-dealkylation sites (N-methyl/N-ethyl adjacent to an activating group) is 1. The molecule has 2 rings (SSSR count). The number of hydrogen-bond donors (Lipinski definition) is 0. The van der Waals surface area contributed by atoms with Gasteiger partial charge in [-0.3, -0.25) is 9.69 Å². The first kappa shape index (κ1) is 19.4. The summed E-state index contributed by atoms with van der Waals surface area (Å²) in [7, 11) is 0. The molecule has 0 atom stereocenters. The van der Waals surface area contributed by atoms with E-state index in [0.717, 1.165) is 57.6 Å². The number of carbonyl (C=O) groups is 1. The number of piperidine rings is 1. The molecule has 0 aromatic carbocycles. The van der Waals surface area contributed by atoms with E-state index in [9.17, 15) is 4.79 Å². The Morgan fingerprint density at radius 3 is 1.91 bits per heavy atom. The van der Waals surface area contributed by atoms with Crippen LogP contribution in [0.25, 0.3) is 0 Å². The molecule has 2 fully saturated rings. The van der Waals surface area contributed by atoms with E-state index in [1.54, 1.807) is 0 Å². The second-order valence-electron chi connectivity index (χ2n) is 6.67. The summed E-state index contributed by atoms with van der Waals surface area (Å²) in [6.07, 6.45) is 2.38. The molecule has 0 spiro atoms.